The second kappa shape index (κ2) is 12.9. The molecule has 0 aromatic heterocycles. The number of carbonyl (C=O) groups is 2. The zero-order chi connectivity index (χ0) is 23.5. The quantitative estimate of drug-likeness (QED) is 0.276. The van der Waals surface area contributed by atoms with Crippen molar-refractivity contribution in [2.45, 2.75) is 112 Å². The fourth-order valence-electron chi connectivity index (χ4n) is 4.94. The van der Waals surface area contributed by atoms with Crippen molar-refractivity contribution in [3.8, 4) is 0 Å². The van der Waals surface area contributed by atoms with Gasteiger partial charge in [-0.1, -0.05) is 74.5 Å². The summed E-state index contributed by atoms with van der Waals surface area (Å²) in [5.74, 6) is -1.87. The van der Waals surface area contributed by atoms with Gasteiger partial charge < -0.3 is 10.2 Å². The highest BCUT2D eigenvalue weighted by Gasteiger charge is 2.61. The van der Waals surface area contributed by atoms with Crippen LogP contribution < -0.4 is 0 Å². The van der Waals surface area contributed by atoms with E-state index in [1.807, 2.05) is 19.9 Å². The van der Waals surface area contributed by atoms with E-state index < -0.39 is 22.8 Å². The van der Waals surface area contributed by atoms with Crippen molar-refractivity contribution in [2.75, 3.05) is 0 Å². The molecule has 0 saturated carbocycles. The predicted molar refractivity (Wildman–Crippen MR) is 128 cm³/mol. The van der Waals surface area contributed by atoms with Crippen LogP contribution in [0.25, 0.3) is 0 Å². The van der Waals surface area contributed by atoms with Gasteiger partial charge in [0.1, 0.15) is 0 Å². The van der Waals surface area contributed by atoms with Gasteiger partial charge in [0.2, 0.25) is 0 Å². The van der Waals surface area contributed by atoms with E-state index in [1.165, 1.54) is 11.1 Å². The number of aliphatic carboxylic acids is 2. The summed E-state index contributed by atoms with van der Waals surface area (Å²) in [6.45, 7) is 10.4. The van der Waals surface area contributed by atoms with Crippen LogP contribution in [0.4, 0.5) is 0 Å². The van der Waals surface area contributed by atoms with Crippen LogP contribution in [0, 0.1) is 10.8 Å². The Labute approximate surface area is 189 Å². The van der Waals surface area contributed by atoms with Crippen LogP contribution in [0.2, 0.25) is 0 Å². The van der Waals surface area contributed by atoms with Crippen molar-refractivity contribution < 1.29 is 19.8 Å². The van der Waals surface area contributed by atoms with Crippen LogP contribution in [-0.4, -0.2) is 22.2 Å². The van der Waals surface area contributed by atoms with Gasteiger partial charge in [0.05, 0.1) is 10.8 Å². The highest BCUT2D eigenvalue weighted by Crippen LogP contribution is 2.57. The van der Waals surface area contributed by atoms with Crippen LogP contribution in [0.15, 0.2) is 34.9 Å². The molecule has 31 heavy (non-hydrogen) atoms. The predicted octanol–water partition coefficient (Wildman–Crippen LogP) is 7.70. The molecule has 0 heterocycles. The van der Waals surface area contributed by atoms with E-state index in [-0.39, 0.29) is 0 Å². The first-order valence-electron chi connectivity index (χ1n) is 12.1. The van der Waals surface area contributed by atoms with E-state index in [4.69, 9.17) is 0 Å². The third-order valence-corrected chi connectivity index (χ3v) is 6.97. The zero-order valence-corrected chi connectivity index (χ0v) is 20.4. The van der Waals surface area contributed by atoms with E-state index in [2.05, 4.69) is 32.9 Å². The van der Waals surface area contributed by atoms with Crippen LogP contribution in [0.3, 0.4) is 0 Å². The smallest absolute Gasteiger partial charge is 0.311 e. The topological polar surface area (TPSA) is 74.6 Å². The van der Waals surface area contributed by atoms with Crippen molar-refractivity contribution in [1.29, 1.82) is 0 Å². The summed E-state index contributed by atoms with van der Waals surface area (Å²) in [5, 5.41) is 20.6. The van der Waals surface area contributed by atoms with Crippen LogP contribution >= 0.6 is 0 Å². The molecule has 0 amide bonds. The van der Waals surface area contributed by atoms with Crippen molar-refractivity contribution in [3.63, 3.8) is 0 Å². The van der Waals surface area contributed by atoms with Gasteiger partial charge in [-0.05, 0) is 72.1 Å². The molecule has 0 bridgehead atoms. The third kappa shape index (κ3) is 7.08. The lowest BCUT2D eigenvalue weighted by atomic mass is 9.52. The number of hydrogen-bond acceptors (Lipinski definition) is 2. The molecule has 0 fully saturated rings. The molecule has 4 nitrogen and oxygen atoms in total. The molecule has 0 saturated heterocycles. The Kier molecular flexibility index (Phi) is 11.3. The lowest BCUT2D eigenvalue weighted by Crippen LogP contribution is -2.54. The third-order valence-electron chi connectivity index (χ3n) is 6.97. The number of rotatable bonds is 14. The summed E-state index contributed by atoms with van der Waals surface area (Å²) in [5.41, 5.74) is 1.38. The van der Waals surface area contributed by atoms with Crippen molar-refractivity contribution in [2.24, 2.45) is 10.8 Å². The van der Waals surface area contributed by atoms with Crippen LogP contribution in [-0.2, 0) is 9.59 Å². The van der Waals surface area contributed by atoms with Crippen molar-refractivity contribution >= 4 is 11.9 Å². The second-order valence-electron chi connectivity index (χ2n) is 9.63. The Hall–Kier alpha value is -1.84. The summed E-state index contributed by atoms with van der Waals surface area (Å²) in [4.78, 5) is 25.2. The first-order chi connectivity index (χ1) is 14.6. The van der Waals surface area contributed by atoms with Gasteiger partial charge >= 0.3 is 11.9 Å². The van der Waals surface area contributed by atoms with Crippen LogP contribution in [0.1, 0.15) is 112 Å². The Morgan fingerprint density at radius 3 is 2.03 bits per heavy atom. The summed E-state index contributed by atoms with van der Waals surface area (Å²) in [6, 6.07) is 0. The number of carboxylic acids is 2. The lowest BCUT2D eigenvalue weighted by molar-refractivity contribution is -0.178. The van der Waals surface area contributed by atoms with Crippen molar-refractivity contribution in [1.82, 2.24) is 0 Å². The minimum Gasteiger partial charge on any atom is -0.481 e. The van der Waals surface area contributed by atoms with Gasteiger partial charge in [-0.3, -0.25) is 9.59 Å². The summed E-state index contributed by atoms with van der Waals surface area (Å²) < 4.78 is 0. The van der Waals surface area contributed by atoms with Gasteiger partial charge in [0, 0.05) is 0 Å². The lowest BCUT2D eigenvalue weighted by Gasteiger charge is -2.48. The molecule has 0 spiro atoms. The van der Waals surface area contributed by atoms with Crippen molar-refractivity contribution in [3.05, 3.63) is 34.9 Å². The Morgan fingerprint density at radius 1 is 0.935 bits per heavy atom. The van der Waals surface area contributed by atoms with E-state index in [1.54, 1.807) is 0 Å². The first-order valence-corrected chi connectivity index (χ1v) is 12.1. The number of carboxylic acid groups (broad SMARTS) is 2. The molecule has 2 atom stereocenters. The molecular weight excluding hydrogens is 388 g/mol. The standard InChI is InChI=1S/C27H44O4/c1-6-8-17-26(24(28)29)19-16-23(20-27(26,25(30)31)18-9-7-2)15-11-14-22(5)13-10-12-21(3)4/h12,14,16H,6-11,13,15,17-20H2,1-5H3,(H,28,29)(H,30,31)/b22-14+. The van der Waals surface area contributed by atoms with Gasteiger partial charge in [-0.15, -0.1) is 0 Å². The van der Waals surface area contributed by atoms with Crippen LogP contribution in [0.5, 0.6) is 0 Å². The highest BCUT2D eigenvalue weighted by atomic mass is 16.4. The SMILES string of the molecule is CCCCC1(C(=O)O)CC=C(CC/C=C(\C)CCC=C(C)C)CC1(CCCC)C(=O)O. The molecule has 1 aliphatic carbocycles. The normalized spacial score (nSPS) is 23.9. The largest absolute Gasteiger partial charge is 0.481 e. The first kappa shape index (κ1) is 27.2. The summed E-state index contributed by atoms with van der Waals surface area (Å²) in [7, 11) is 0. The summed E-state index contributed by atoms with van der Waals surface area (Å²) in [6.07, 6.45) is 15.1. The molecule has 2 unspecified atom stereocenters. The average Bonchev–Trinajstić information content (AvgIpc) is 2.70. The number of unbranched alkanes of at least 4 members (excludes halogenated alkanes) is 2. The number of allylic oxidation sites excluding steroid dienone is 6. The molecule has 1 aliphatic rings. The fourth-order valence-corrected chi connectivity index (χ4v) is 4.94. The van der Waals surface area contributed by atoms with E-state index in [0.29, 0.717) is 25.7 Å². The average molecular weight is 433 g/mol. The maximum atomic E-state index is 12.7. The highest BCUT2D eigenvalue weighted by molar-refractivity contribution is 5.87. The minimum absolute atomic E-state index is 0.330. The molecule has 0 aromatic rings. The van der Waals surface area contributed by atoms with Gasteiger partial charge in [0.25, 0.3) is 0 Å². The molecule has 176 valence electrons. The molecule has 0 radical (unpaired) electrons. The molecule has 4 heteroatoms. The number of hydrogen-bond donors (Lipinski definition) is 2. The molecule has 1 rings (SSSR count). The zero-order valence-electron chi connectivity index (χ0n) is 20.4. The minimum atomic E-state index is -1.21. The fraction of sp³-hybridized carbons (Fsp3) is 0.704. The summed E-state index contributed by atoms with van der Waals surface area (Å²) >= 11 is 0. The van der Waals surface area contributed by atoms with Gasteiger partial charge in [-0.2, -0.15) is 0 Å². The molecular formula is C27H44O4. The Morgan fingerprint density at radius 2 is 1.52 bits per heavy atom. The molecule has 0 aromatic carbocycles. The Balaban J connectivity index is 3.08. The maximum Gasteiger partial charge on any atom is 0.311 e. The molecule has 0 aliphatic heterocycles. The van der Waals surface area contributed by atoms with Gasteiger partial charge in [-0.25, -0.2) is 0 Å². The van der Waals surface area contributed by atoms with E-state index in [9.17, 15) is 19.8 Å². The Bertz CT molecular complexity index is 696. The van der Waals surface area contributed by atoms with E-state index >= 15 is 0 Å². The monoisotopic (exact) mass is 432 g/mol. The van der Waals surface area contributed by atoms with E-state index in [0.717, 1.165) is 56.9 Å². The molecule has 2 N–H and O–H groups in total. The maximum absolute atomic E-state index is 12.7. The second-order valence-corrected chi connectivity index (χ2v) is 9.63. The van der Waals surface area contributed by atoms with Gasteiger partial charge in [0.15, 0.2) is 0 Å².